The second-order valence-corrected chi connectivity index (χ2v) is 18.2. The zero-order valence-corrected chi connectivity index (χ0v) is 40.3. The summed E-state index contributed by atoms with van der Waals surface area (Å²) in [4.78, 5) is 75.7. The van der Waals surface area contributed by atoms with Gasteiger partial charge in [0.25, 0.3) is 0 Å². The summed E-state index contributed by atoms with van der Waals surface area (Å²) < 4.78 is 23.9. The molecule has 15 heteroatoms. The summed E-state index contributed by atoms with van der Waals surface area (Å²) in [6, 6.07) is 45.0. The number of amides is 3. The van der Waals surface area contributed by atoms with Crippen LogP contribution >= 0.6 is 0 Å². The van der Waals surface area contributed by atoms with E-state index in [9.17, 15) is 9.90 Å². The van der Waals surface area contributed by atoms with Gasteiger partial charge in [0.15, 0.2) is 0 Å². The Kier molecular flexibility index (Phi) is 14.1. The molecule has 6 unspecified atom stereocenters. The number of aromatic nitrogens is 2. The zero-order chi connectivity index (χ0) is 50.5. The summed E-state index contributed by atoms with van der Waals surface area (Å²) >= 11 is 0. The number of hydrogen-bond donors (Lipinski definition) is 3. The van der Waals surface area contributed by atoms with Crippen molar-refractivity contribution in [1.29, 1.82) is 0 Å². The van der Waals surface area contributed by atoms with Gasteiger partial charge in [0.2, 0.25) is 11.8 Å². The van der Waals surface area contributed by atoms with Crippen molar-refractivity contribution in [1.82, 2.24) is 25.1 Å². The zero-order valence-electron chi connectivity index (χ0n) is 40.3. The van der Waals surface area contributed by atoms with Gasteiger partial charge < -0.3 is 34.4 Å². The summed E-state index contributed by atoms with van der Waals surface area (Å²) in [6.07, 6.45) is -1.95. The maximum atomic E-state index is 16.6. The van der Waals surface area contributed by atoms with E-state index in [0.29, 0.717) is 41.1 Å². The quantitative estimate of drug-likeness (QED) is 0.0537. The molecular weight excluding hydrogens is 925 g/mol. The number of carbonyl (C=O) groups excluding carboxylic acids is 4. The third-order valence-electron chi connectivity index (χ3n) is 13.7. The number of hydrogen-bond acceptors (Lipinski definition) is 12. The monoisotopic (exact) mass is 978 g/mol. The molecule has 15 nitrogen and oxygen atoms in total. The topological polar surface area (TPSA) is 176 Å². The number of nitrogens with zero attached hydrogens (tertiary/aromatic N) is 4. The molecule has 3 amide bonds. The maximum absolute atomic E-state index is 16.6. The first kappa shape index (κ1) is 48.5. The molecule has 3 aliphatic rings. The van der Waals surface area contributed by atoms with Crippen molar-refractivity contribution < 1.29 is 43.2 Å². The number of esters is 1. The molecule has 6 aromatic carbocycles. The number of methoxy groups -OCH3 is 1. The summed E-state index contributed by atoms with van der Waals surface area (Å²) in [5.74, 6) is 3.49. The Bertz CT molecular complexity index is 3160. The second kappa shape index (κ2) is 21.3. The first-order chi connectivity index (χ1) is 35.7. The van der Waals surface area contributed by atoms with Gasteiger partial charge in [-0.2, -0.15) is 0 Å². The van der Waals surface area contributed by atoms with E-state index in [2.05, 4.69) is 39.2 Å². The molecular formula is C58H54N6O9. The molecule has 1 aromatic heterocycles. The Hall–Kier alpha value is -8.13. The highest BCUT2D eigenvalue weighted by Crippen LogP contribution is 2.66. The lowest BCUT2D eigenvalue weighted by Crippen LogP contribution is -2.55. The SMILES string of the molecule is COCCOC(=O)N1C(=O)C2(c3cc(C#CCN(C)Cc4ccccc4)ccc31)C(C(=O)NCc1nc3ccccc3[nH]1)C1C(=O)OC(c3ccccc3)C(c3ccccc3)N1C2c1ccccc1OCCO. The number of carbonyl (C=O) groups is 4. The van der Waals surface area contributed by atoms with Crippen LogP contribution in [-0.4, -0.2) is 102 Å². The van der Waals surface area contributed by atoms with Crippen molar-refractivity contribution in [3.05, 3.63) is 197 Å². The van der Waals surface area contributed by atoms with Crippen LogP contribution in [0.2, 0.25) is 0 Å². The van der Waals surface area contributed by atoms with Crippen molar-refractivity contribution in [2.24, 2.45) is 5.92 Å². The van der Waals surface area contributed by atoms with Crippen LogP contribution in [0.25, 0.3) is 11.0 Å². The molecule has 0 radical (unpaired) electrons. The fourth-order valence-corrected chi connectivity index (χ4v) is 10.8. The van der Waals surface area contributed by atoms with Crippen LogP contribution in [-0.2, 0) is 47.1 Å². The van der Waals surface area contributed by atoms with E-state index in [1.54, 1.807) is 42.5 Å². The van der Waals surface area contributed by atoms with Crippen LogP contribution in [0.5, 0.6) is 5.75 Å². The lowest BCUT2D eigenvalue weighted by Gasteiger charge is -2.46. The Morgan fingerprint density at radius 3 is 2.27 bits per heavy atom. The molecule has 0 aliphatic carbocycles. The van der Waals surface area contributed by atoms with Gasteiger partial charge in [-0.3, -0.25) is 24.2 Å². The normalized spacial score (nSPS) is 21.1. The van der Waals surface area contributed by atoms with E-state index in [4.69, 9.17) is 23.9 Å². The number of benzene rings is 6. The fourth-order valence-electron chi connectivity index (χ4n) is 10.8. The number of fused-ring (bicyclic) bond motifs is 4. The first-order valence-corrected chi connectivity index (χ1v) is 24.2. The van der Waals surface area contributed by atoms with Crippen LogP contribution in [0.1, 0.15) is 57.4 Å². The van der Waals surface area contributed by atoms with Gasteiger partial charge in [-0.25, -0.2) is 14.7 Å². The molecule has 2 saturated heterocycles. The largest absolute Gasteiger partial charge is 0.491 e. The number of anilines is 1. The number of ether oxygens (including phenoxy) is 4. The number of aliphatic hydroxyl groups excluding tert-OH is 1. The maximum Gasteiger partial charge on any atom is 0.421 e. The number of imidazole rings is 1. The highest BCUT2D eigenvalue weighted by atomic mass is 16.6. The van der Waals surface area contributed by atoms with Crippen molar-refractivity contribution in [2.75, 3.05) is 52.0 Å². The Morgan fingerprint density at radius 2 is 1.53 bits per heavy atom. The van der Waals surface area contributed by atoms with Gasteiger partial charge in [-0.1, -0.05) is 133 Å². The predicted octanol–water partition coefficient (Wildman–Crippen LogP) is 7.18. The average Bonchev–Trinajstić information content (AvgIpc) is 4.06. The number of cyclic esters (lactones) is 1. The van der Waals surface area contributed by atoms with E-state index in [0.717, 1.165) is 21.5 Å². The number of para-hydroxylation sites is 3. The molecule has 10 rings (SSSR count). The predicted molar refractivity (Wildman–Crippen MR) is 272 cm³/mol. The van der Waals surface area contributed by atoms with Crippen molar-refractivity contribution >= 4 is 40.6 Å². The summed E-state index contributed by atoms with van der Waals surface area (Å²) in [5.41, 5.74) is 3.19. The summed E-state index contributed by atoms with van der Waals surface area (Å²) in [7, 11) is 3.44. The van der Waals surface area contributed by atoms with Gasteiger partial charge >= 0.3 is 12.1 Å². The Labute approximate surface area is 422 Å². The number of morpholine rings is 1. The fraction of sp³-hybridized carbons (Fsp3) is 0.259. The molecule has 6 atom stereocenters. The Balaban J connectivity index is 1.22. The molecule has 370 valence electrons. The second-order valence-electron chi connectivity index (χ2n) is 18.2. The van der Waals surface area contributed by atoms with Crippen LogP contribution < -0.4 is 15.0 Å². The third-order valence-corrected chi connectivity index (χ3v) is 13.7. The number of imide groups is 1. The van der Waals surface area contributed by atoms with Crippen LogP contribution in [0.3, 0.4) is 0 Å². The molecule has 7 aromatic rings. The lowest BCUT2D eigenvalue weighted by molar-refractivity contribution is -0.178. The average molecular weight is 979 g/mol. The lowest BCUT2D eigenvalue weighted by atomic mass is 9.65. The third kappa shape index (κ3) is 9.22. The van der Waals surface area contributed by atoms with Crippen molar-refractivity contribution in [2.45, 2.75) is 42.7 Å². The molecule has 73 heavy (non-hydrogen) atoms. The summed E-state index contributed by atoms with van der Waals surface area (Å²) in [5, 5.41) is 13.2. The van der Waals surface area contributed by atoms with E-state index in [1.807, 2.05) is 115 Å². The molecule has 4 heterocycles. The standard InChI is InChI=1S/C58H54N6O9/c1-62(37-39-17-6-3-7-18-39)30-16-19-38-28-29-46-43(35-38)58(56(68)63(46)57(69)72-34-33-70-2)49(54(66)59-36-48-60-44-25-13-14-26-45(44)61-48)51-55(67)73-52(41-22-10-5-11-23-41)50(40-20-8-4-9-21-40)64(51)53(58)42-24-12-15-27-47(42)71-32-31-65/h3-15,17-18,20-29,35,49-53,65H,30-34,36-37H2,1-2H3,(H,59,66)(H,60,61). The highest BCUT2D eigenvalue weighted by molar-refractivity contribution is 6.23. The minimum absolute atomic E-state index is 0.0470. The Morgan fingerprint density at radius 1 is 0.836 bits per heavy atom. The highest BCUT2D eigenvalue weighted by Gasteiger charge is 2.76. The van der Waals surface area contributed by atoms with Gasteiger partial charge in [0, 0.05) is 24.8 Å². The van der Waals surface area contributed by atoms with Crippen LogP contribution in [0, 0.1) is 17.8 Å². The van der Waals surface area contributed by atoms with E-state index >= 15 is 14.4 Å². The number of rotatable bonds is 15. The molecule has 3 aliphatic heterocycles. The molecule has 1 spiro atoms. The molecule has 0 bridgehead atoms. The first-order valence-electron chi connectivity index (χ1n) is 24.2. The van der Waals surface area contributed by atoms with E-state index in [-0.39, 0.29) is 50.0 Å². The number of nitrogens with one attached hydrogen (secondary N) is 2. The van der Waals surface area contributed by atoms with E-state index in [1.165, 1.54) is 7.11 Å². The number of aromatic amines is 1. The van der Waals surface area contributed by atoms with Gasteiger partial charge in [-0.05, 0) is 65.7 Å². The number of H-pyrrole nitrogens is 1. The molecule has 2 fully saturated rings. The summed E-state index contributed by atoms with van der Waals surface area (Å²) in [6.45, 7) is 0.361. The van der Waals surface area contributed by atoms with Gasteiger partial charge in [0.1, 0.15) is 42.3 Å². The molecule has 3 N–H and O–H groups in total. The molecule has 0 saturated carbocycles. The van der Waals surface area contributed by atoms with Crippen LogP contribution in [0.4, 0.5) is 10.5 Å². The smallest absolute Gasteiger partial charge is 0.421 e. The minimum atomic E-state index is -2.11. The number of aliphatic hydroxyl groups is 1. The van der Waals surface area contributed by atoms with Crippen molar-refractivity contribution in [3.63, 3.8) is 0 Å². The van der Waals surface area contributed by atoms with Gasteiger partial charge in [-0.15, -0.1) is 0 Å². The minimum Gasteiger partial charge on any atom is -0.491 e. The van der Waals surface area contributed by atoms with Gasteiger partial charge in [0.05, 0.1) is 61.0 Å². The van der Waals surface area contributed by atoms with Crippen molar-refractivity contribution in [3.8, 4) is 17.6 Å². The van der Waals surface area contributed by atoms with Crippen LogP contribution in [0.15, 0.2) is 158 Å². The van der Waals surface area contributed by atoms with E-state index < -0.39 is 59.4 Å².